The third kappa shape index (κ3) is 5.88. The zero-order valence-electron chi connectivity index (χ0n) is 17.6. The van der Waals surface area contributed by atoms with Gasteiger partial charge in [-0.15, -0.1) is 0 Å². The first-order chi connectivity index (χ1) is 15.1. The van der Waals surface area contributed by atoms with Crippen molar-refractivity contribution >= 4 is 17.5 Å². The Kier molecular flexibility index (Phi) is 7.70. The van der Waals surface area contributed by atoms with Crippen LogP contribution in [0.15, 0.2) is 65.3 Å². The molecule has 0 radical (unpaired) electrons. The molecule has 0 aliphatic heterocycles. The molecule has 0 spiro atoms. The number of benzene rings is 2. The fourth-order valence-corrected chi connectivity index (χ4v) is 2.91. The molecular weight excluding hydrogens is 396 g/mol. The zero-order valence-corrected chi connectivity index (χ0v) is 17.6. The van der Waals surface area contributed by atoms with Crippen molar-refractivity contribution in [1.29, 1.82) is 0 Å². The highest BCUT2D eigenvalue weighted by Gasteiger charge is 2.16. The summed E-state index contributed by atoms with van der Waals surface area (Å²) in [6.45, 7) is 5.15. The molecule has 0 saturated heterocycles. The van der Waals surface area contributed by atoms with Gasteiger partial charge in [0.1, 0.15) is 5.76 Å². The van der Waals surface area contributed by atoms with E-state index in [1.165, 1.54) is 0 Å². The Morgan fingerprint density at radius 1 is 0.935 bits per heavy atom. The normalized spacial score (nSPS) is 10.4. The maximum Gasteiger partial charge on any atom is 0.255 e. The molecule has 0 fully saturated rings. The number of hydrogen-bond acceptors (Lipinski definition) is 5. The second kappa shape index (κ2) is 10.9. The molecule has 7 nitrogen and oxygen atoms in total. The average molecular weight is 422 g/mol. The minimum Gasteiger partial charge on any atom is -0.490 e. The van der Waals surface area contributed by atoms with Crippen molar-refractivity contribution in [2.75, 3.05) is 18.5 Å². The van der Waals surface area contributed by atoms with Gasteiger partial charge in [0.2, 0.25) is 0 Å². The summed E-state index contributed by atoms with van der Waals surface area (Å²) in [7, 11) is 0. The van der Waals surface area contributed by atoms with Gasteiger partial charge in [0.05, 0.1) is 37.3 Å². The van der Waals surface area contributed by atoms with Gasteiger partial charge >= 0.3 is 0 Å². The van der Waals surface area contributed by atoms with Crippen LogP contribution in [0.25, 0.3) is 0 Å². The van der Waals surface area contributed by atoms with Crippen LogP contribution in [0.3, 0.4) is 0 Å². The Bertz CT molecular complexity index is 1010. The lowest BCUT2D eigenvalue weighted by Gasteiger charge is -2.14. The number of anilines is 1. The van der Waals surface area contributed by atoms with E-state index in [4.69, 9.17) is 13.9 Å². The van der Waals surface area contributed by atoms with Crippen molar-refractivity contribution in [3.63, 3.8) is 0 Å². The van der Waals surface area contributed by atoms with Gasteiger partial charge in [-0.2, -0.15) is 0 Å². The van der Waals surface area contributed by atoms with Gasteiger partial charge in [-0.25, -0.2) is 0 Å². The number of carbonyl (C=O) groups excluding carboxylic acids is 2. The summed E-state index contributed by atoms with van der Waals surface area (Å²) < 4.78 is 16.5. The van der Waals surface area contributed by atoms with E-state index in [1.807, 2.05) is 13.8 Å². The summed E-state index contributed by atoms with van der Waals surface area (Å²) in [6.07, 6.45) is 2.41. The highest BCUT2D eigenvalue weighted by atomic mass is 16.5. The molecule has 2 amide bonds. The zero-order chi connectivity index (χ0) is 22.1. The number of para-hydroxylation sites is 1. The number of carbonyl (C=O) groups is 2. The quantitative estimate of drug-likeness (QED) is 0.496. The molecule has 0 unspecified atom stereocenters. The Labute approximate surface area is 181 Å². The van der Waals surface area contributed by atoms with Crippen LogP contribution in [0, 0.1) is 0 Å². The first-order valence-corrected chi connectivity index (χ1v) is 10.2. The number of amides is 2. The minimum absolute atomic E-state index is 0.255. The molecule has 2 N–H and O–H groups in total. The second-order valence-electron chi connectivity index (χ2n) is 6.70. The summed E-state index contributed by atoms with van der Waals surface area (Å²) in [5.41, 5.74) is 1.17. The van der Waals surface area contributed by atoms with Gasteiger partial charge in [0.15, 0.2) is 11.5 Å². The molecule has 1 heterocycles. The molecule has 2 aromatic carbocycles. The molecule has 1 aromatic heterocycles. The van der Waals surface area contributed by atoms with E-state index >= 15 is 0 Å². The van der Waals surface area contributed by atoms with Gasteiger partial charge in [-0.1, -0.05) is 19.1 Å². The standard InChI is InChI=1S/C24H26N2O5/c1-3-13-31-21-12-11-17(15-22(21)29-4-2)23(27)26-20-10-6-5-9-19(20)24(28)25-16-18-8-7-14-30-18/h5-12,14-15H,3-4,13,16H2,1-2H3,(H,25,28)(H,26,27). The monoisotopic (exact) mass is 422 g/mol. The SMILES string of the molecule is CCCOc1ccc(C(=O)Nc2ccccc2C(=O)NCc2ccco2)cc1OCC. The largest absolute Gasteiger partial charge is 0.490 e. The van der Waals surface area contributed by atoms with Crippen molar-refractivity contribution in [3.8, 4) is 11.5 Å². The molecule has 0 atom stereocenters. The number of nitrogens with one attached hydrogen (secondary N) is 2. The molecule has 0 saturated carbocycles. The predicted octanol–water partition coefficient (Wildman–Crippen LogP) is 4.65. The maximum atomic E-state index is 12.9. The lowest BCUT2D eigenvalue weighted by atomic mass is 10.1. The summed E-state index contributed by atoms with van der Waals surface area (Å²) in [4.78, 5) is 25.5. The fraction of sp³-hybridized carbons (Fsp3) is 0.250. The van der Waals surface area contributed by atoms with Gasteiger partial charge in [0.25, 0.3) is 11.8 Å². The third-order valence-corrected chi connectivity index (χ3v) is 4.39. The summed E-state index contributed by atoms with van der Waals surface area (Å²) >= 11 is 0. The molecule has 3 rings (SSSR count). The average Bonchev–Trinajstić information content (AvgIpc) is 3.31. The van der Waals surface area contributed by atoms with E-state index < -0.39 is 0 Å². The fourth-order valence-electron chi connectivity index (χ4n) is 2.91. The molecule has 0 aliphatic carbocycles. The number of hydrogen-bond donors (Lipinski definition) is 2. The summed E-state index contributed by atoms with van der Waals surface area (Å²) in [5.74, 6) is 1.08. The third-order valence-electron chi connectivity index (χ3n) is 4.39. The van der Waals surface area contributed by atoms with E-state index in [-0.39, 0.29) is 18.4 Å². The van der Waals surface area contributed by atoms with Crippen LogP contribution in [-0.2, 0) is 6.54 Å². The summed E-state index contributed by atoms with van der Waals surface area (Å²) in [5, 5.41) is 5.60. The Balaban J connectivity index is 1.74. The van der Waals surface area contributed by atoms with Crippen LogP contribution in [-0.4, -0.2) is 25.0 Å². The molecule has 3 aromatic rings. The van der Waals surface area contributed by atoms with Crippen LogP contribution < -0.4 is 20.1 Å². The van der Waals surface area contributed by atoms with E-state index in [2.05, 4.69) is 10.6 Å². The van der Waals surface area contributed by atoms with Crippen molar-refractivity contribution in [3.05, 3.63) is 77.7 Å². The first kappa shape index (κ1) is 22.0. The molecule has 0 bridgehead atoms. The van der Waals surface area contributed by atoms with Crippen molar-refractivity contribution < 1.29 is 23.5 Å². The Morgan fingerprint density at radius 2 is 1.77 bits per heavy atom. The maximum absolute atomic E-state index is 12.9. The van der Waals surface area contributed by atoms with Gasteiger partial charge in [-0.3, -0.25) is 9.59 Å². The Morgan fingerprint density at radius 3 is 2.52 bits per heavy atom. The van der Waals surface area contributed by atoms with Crippen LogP contribution in [0.2, 0.25) is 0 Å². The molecular formula is C24H26N2O5. The van der Waals surface area contributed by atoms with E-state index in [0.717, 1.165) is 6.42 Å². The van der Waals surface area contributed by atoms with Gasteiger partial charge in [0, 0.05) is 5.56 Å². The predicted molar refractivity (Wildman–Crippen MR) is 118 cm³/mol. The topological polar surface area (TPSA) is 89.8 Å². The van der Waals surface area contributed by atoms with E-state index in [9.17, 15) is 9.59 Å². The highest BCUT2D eigenvalue weighted by molar-refractivity contribution is 6.09. The summed E-state index contributed by atoms with van der Waals surface area (Å²) in [6, 6.07) is 15.4. The van der Waals surface area contributed by atoms with Crippen LogP contribution >= 0.6 is 0 Å². The van der Waals surface area contributed by atoms with Crippen LogP contribution in [0.4, 0.5) is 5.69 Å². The first-order valence-electron chi connectivity index (χ1n) is 10.2. The van der Waals surface area contributed by atoms with Gasteiger partial charge < -0.3 is 24.5 Å². The van der Waals surface area contributed by atoms with Crippen molar-refractivity contribution in [2.45, 2.75) is 26.8 Å². The van der Waals surface area contributed by atoms with Crippen LogP contribution in [0.5, 0.6) is 11.5 Å². The number of rotatable bonds is 10. The second-order valence-corrected chi connectivity index (χ2v) is 6.70. The Hall–Kier alpha value is -3.74. The van der Waals surface area contributed by atoms with Crippen LogP contribution in [0.1, 0.15) is 46.7 Å². The lowest BCUT2D eigenvalue weighted by molar-refractivity contribution is 0.0949. The van der Waals surface area contributed by atoms with Crippen molar-refractivity contribution in [1.82, 2.24) is 5.32 Å². The van der Waals surface area contributed by atoms with Crippen molar-refractivity contribution in [2.24, 2.45) is 0 Å². The smallest absolute Gasteiger partial charge is 0.255 e. The molecule has 7 heteroatoms. The molecule has 31 heavy (non-hydrogen) atoms. The number of furan rings is 1. The lowest BCUT2D eigenvalue weighted by Crippen LogP contribution is -2.24. The number of ether oxygens (including phenoxy) is 2. The highest BCUT2D eigenvalue weighted by Crippen LogP contribution is 2.29. The van der Waals surface area contributed by atoms with E-state index in [1.54, 1.807) is 60.9 Å². The minimum atomic E-state index is -0.353. The molecule has 0 aliphatic rings. The van der Waals surface area contributed by atoms with E-state index in [0.29, 0.717) is 47.3 Å². The molecule has 162 valence electrons. The van der Waals surface area contributed by atoms with Gasteiger partial charge in [-0.05, 0) is 55.8 Å².